The minimum Gasteiger partial charge on any atom is -0.394 e. The van der Waals surface area contributed by atoms with Crippen LogP contribution in [0.5, 0.6) is 0 Å². The molecule has 2 heterocycles. The first-order chi connectivity index (χ1) is 9.96. The van der Waals surface area contributed by atoms with Crippen molar-refractivity contribution in [2.45, 2.75) is 51.0 Å². The Morgan fingerprint density at radius 2 is 2.14 bits per heavy atom. The normalized spacial score (nSPS) is 25.5. The van der Waals surface area contributed by atoms with Gasteiger partial charge in [-0.15, -0.1) is 0 Å². The van der Waals surface area contributed by atoms with Crippen LogP contribution in [-0.4, -0.2) is 52.4 Å². The molecule has 21 heavy (non-hydrogen) atoms. The van der Waals surface area contributed by atoms with Crippen molar-refractivity contribution >= 4 is 0 Å². The van der Waals surface area contributed by atoms with Crippen molar-refractivity contribution < 1.29 is 9.84 Å². The van der Waals surface area contributed by atoms with Crippen LogP contribution >= 0.6 is 0 Å². The third kappa shape index (κ3) is 4.01. The van der Waals surface area contributed by atoms with Crippen LogP contribution in [-0.2, 0) is 4.74 Å². The lowest BCUT2D eigenvalue weighted by Gasteiger charge is -2.47. The second kappa shape index (κ2) is 6.83. The lowest BCUT2D eigenvalue weighted by molar-refractivity contribution is -0.159. The van der Waals surface area contributed by atoms with Gasteiger partial charge in [-0.05, 0) is 38.0 Å². The molecule has 0 spiro atoms. The van der Waals surface area contributed by atoms with Gasteiger partial charge in [-0.2, -0.15) is 0 Å². The molecule has 1 saturated heterocycles. The number of aromatic nitrogens is 1. The number of nitrogens with zero attached hydrogens (tertiary/aromatic N) is 2. The van der Waals surface area contributed by atoms with E-state index in [2.05, 4.69) is 30.7 Å². The Morgan fingerprint density at radius 3 is 2.71 bits per heavy atom. The first-order valence-corrected chi connectivity index (χ1v) is 7.65. The summed E-state index contributed by atoms with van der Waals surface area (Å²) in [5.74, 6) is 0. The van der Waals surface area contributed by atoms with Gasteiger partial charge >= 0.3 is 0 Å². The lowest BCUT2D eigenvalue weighted by atomic mass is 9.94. The van der Waals surface area contributed by atoms with Gasteiger partial charge in [-0.1, -0.05) is 6.92 Å². The largest absolute Gasteiger partial charge is 0.394 e. The summed E-state index contributed by atoms with van der Waals surface area (Å²) in [7, 11) is 0. The van der Waals surface area contributed by atoms with Gasteiger partial charge < -0.3 is 15.6 Å². The Kier molecular flexibility index (Phi) is 5.32. The highest BCUT2D eigenvalue weighted by Gasteiger charge is 2.38. The molecule has 0 aliphatic carbocycles. The number of aliphatic hydroxyl groups excluding tert-OH is 1. The highest BCUT2D eigenvalue weighted by Crippen LogP contribution is 2.31. The number of ether oxygens (including phenoxy) is 1. The number of pyridine rings is 1. The van der Waals surface area contributed by atoms with E-state index in [-0.39, 0.29) is 30.4 Å². The van der Waals surface area contributed by atoms with E-state index in [1.165, 1.54) is 5.56 Å². The van der Waals surface area contributed by atoms with Crippen LogP contribution in [0.3, 0.4) is 0 Å². The fraction of sp³-hybridized carbons (Fsp3) is 0.688. The number of aliphatic hydroxyl groups is 1. The number of hydrogen-bond donors (Lipinski definition) is 2. The molecule has 3 N–H and O–H groups in total. The maximum atomic E-state index is 9.50. The van der Waals surface area contributed by atoms with E-state index in [9.17, 15) is 5.11 Å². The van der Waals surface area contributed by atoms with Crippen molar-refractivity contribution in [3.05, 3.63) is 30.1 Å². The van der Waals surface area contributed by atoms with Gasteiger partial charge in [-0.3, -0.25) is 9.88 Å². The molecule has 0 aromatic carbocycles. The van der Waals surface area contributed by atoms with Crippen molar-refractivity contribution in [1.82, 2.24) is 9.88 Å². The van der Waals surface area contributed by atoms with Crippen LogP contribution < -0.4 is 5.73 Å². The lowest BCUT2D eigenvalue weighted by Crippen LogP contribution is -2.57. The molecule has 0 bridgehead atoms. The summed E-state index contributed by atoms with van der Waals surface area (Å²) in [6, 6.07) is 4.21. The summed E-state index contributed by atoms with van der Waals surface area (Å²) in [4.78, 5) is 6.43. The van der Waals surface area contributed by atoms with Gasteiger partial charge in [0.05, 0.1) is 24.4 Å². The maximum absolute atomic E-state index is 9.50. The van der Waals surface area contributed by atoms with E-state index >= 15 is 0 Å². The average Bonchev–Trinajstić information content (AvgIpc) is 2.46. The van der Waals surface area contributed by atoms with E-state index in [0.29, 0.717) is 6.54 Å². The highest BCUT2D eigenvalue weighted by molar-refractivity contribution is 5.18. The van der Waals surface area contributed by atoms with Gasteiger partial charge in [0.2, 0.25) is 0 Å². The summed E-state index contributed by atoms with van der Waals surface area (Å²) in [6.45, 7) is 7.74. The molecular weight excluding hydrogens is 266 g/mol. The zero-order chi connectivity index (χ0) is 15.5. The second-order valence-electron chi connectivity index (χ2n) is 6.41. The minimum absolute atomic E-state index is 0.0321. The fourth-order valence-electron chi connectivity index (χ4n) is 3.16. The molecule has 0 amide bonds. The summed E-state index contributed by atoms with van der Waals surface area (Å²) in [5, 5.41) is 9.50. The predicted octanol–water partition coefficient (Wildman–Crippen LogP) is 1.33. The fourth-order valence-corrected chi connectivity index (χ4v) is 3.16. The summed E-state index contributed by atoms with van der Waals surface area (Å²) in [6.07, 6.45) is 4.34. The van der Waals surface area contributed by atoms with Crippen molar-refractivity contribution in [2.75, 3.05) is 19.7 Å². The Morgan fingerprint density at radius 1 is 1.48 bits per heavy atom. The van der Waals surface area contributed by atoms with Crippen LogP contribution in [0.2, 0.25) is 0 Å². The molecule has 118 valence electrons. The molecule has 1 aromatic rings. The first-order valence-electron chi connectivity index (χ1n) is 7.65. The second-order valence-corrected chi connectivity index (χ2v) is 6.41. The Labute approximate surface area is 127 Å². The molecule has 1 aliphatic rings. The molecule has 1 fully saturated rings. The van der Waals surface area contributed by atoms with Crippen LogP contribution in [0.1, 0.15) is 38.8 Å². The van der Waals surface area contributed by atoms with E-state index in [4.69, 9.17) is 10.5 Å². The molecule has 0 radical (unpaired) electrons. The van der Waals surface area contributed by atoms with Crippen LogP contribution in [0.15, 0.2) is 24.5 Å². The average molecular weight is 293 g/mol. The van der Waals surface area contributed by atoms with Crippen molar-refractivity contribution in [2.24, 2.45) is 5.73 Å². The summed E-state index contributed by atoms with van der Waals surface area (Å²) < 4.78 is 5.91. The summed E-state index contributed by atoms with van der Waals surface area (Å²) >= 11 is 0. The van der Waals surface area contributed by atoms with Crippen molar-refractivity contribution in [3.8, 4) is 0 Å². The Balaban J connectivity index is 2.28. The minimum atomic E-state index is -0.287. The van der Waals surface area contributed by atoms with Crippen molar-refractivity contribution in [3.63, 3.8) is 0 Å². The van der Waals surface area contributed by atoms with Gasteiger partial charge in [-0.25, -0.2) is 0 Å². The predicted molar refractivity (Wildman–Crippen MR) is 82.9 cm³/mol. The van der Waals surface area contributed by atoms with Crippen LogP contribution in [0.4, 0.5) is 0 Å². The maximum Gasteiger partial charge on any atom is 0.0940 e. The first kappa shape index (κ1) is 16.4. The highest BCUT2D eigenvalue weighted by atomic mass is 16.5. The Hall–Kier alpha value is -1.01. The molecule has 2 rings (SSSR count). The van der Waals surface area contributed by atoms with Gasteiger partial charge in [0.25, 0.3) is 0 Å². The number of morpholine rings is 1. The van der Waals surface area contributed by atoms with Crippen LogP contribution in [0, 0.1) is 0 Å². The molecule has 5 nitrogen and oxygen atoms in total. The number of nitrogens with two attached hydrogens (primary N) is 1. The van der Waals surface area contributed by atoms with E-state index in [1.807, 2.05) is 12.1 Å². The summed E-state index contributed by atoms with van der Waals surface area (Å²) in [5.41, 5.74) is 7.28. The Bertz CT molecular complexity index is 438. The van der Waals surface area contributed by atoms with Gasteiger partial charge in [0.15, 0.2) is 0 Å². The SMILES string of the molecule is CCC(N)C(c1ccncc1)N1CC(CO)OC(C)(C)C1. The zero-order valence-corrected chi connectivity index (χ0v) is 13.2. The molecule has 3 unspecified atom stereocenters. The third-order valence-electron chi connectivity index (χ3n) is 4.03. The molecule has 3 atom stereocenters. The number of rotatable bonds is 5. The number of hydrogen-bond acceptors (Lipinski definition) is 5. The zero-order valence-electron chi connectivity index (χ0n) is 13.2. The van der Waals surface area contributed by atoms with Gasteiger partial charge in [0, 0.05) is 31.5 Å². The standard InChI is InChI=1S/C16H27N3O2/c1-4-14(17)15(12-5-7-18-8-6-12)19-9-13(10-20)21-16(2,3)11-19/h5-8,13-15,20H,4,9-11,17H2,1-3H3. The quantitative estimate of drug-likeness (QED) is 0.857. The molecule has 5 heteroatoms. The van der Waals surface area contributed by atoms with E-state index in [1.54, 1.807) is 12.4 Å². The van der Waals surface area contributed by atoms with Crippen LogP contribution in [0.25, 0.3) is 0 Å². The topological polar surface area (TPSA) is 71.6 Å². The monoisotopic (exact) mass is 293 g/mol. The molecule has 0 saturated carbocycles. The van der Waals surface area contributed by atoms with Crippen molar-refractivity contribution in [1.29, 1.82) is 0 Å². The van der Waals surface area contributed by atoms with Gasteiger partial charge in [0.1, 0.15) is 0 Å². The third-order valence-corrected chi connectivity index (χ3v) is 4.03. The molecular formula is C16H27N3O2. The smallest absolute Gasteiger partial charge is 0.0940 e. The van der Waals surface area contributed by atoms with E-state index < -0.39 is 0 Å². The van der Waals surface area contributed by atoms with E-state index in [0.717, 1.165) is 13.0 Å². The molecule has 1 aromatic heterocycles. The molecule has 1 aliphatic heterocycles.